The van der Waals surface area contributed by atoms with Crippen LogP contribution in [0.3, 0.4) is 0 Å². The Labute approximate surface area is 163 Å². The van der Waals surface area contributed by atoms with Gasteiger partial charge in [0.15, 0.2) is 0 Å². The number of nitrogens with one attached hydrogen (secondary N) is 1. The molecule has 2 heterocycles. The highest BCUT2D eigenvalue weighted by Crippen LogP contribution is 2.27. The molecule has 1 aliphatic rings. The Morgan fingerprint density at radius 2 is 1.92 bits per heavy atom. The van der Waals surface area contributed by atoms with E-state index in [-0.39, 0.29) is 17.3 Å². The Bertz CT molecular complexity index is 878. The molecule has 1 saturated heterocycles. The fraction of sp³-hybridized carbons (Fsp3) is 0.389. The lowest BCUT2D eigenvalue weighted by molar-refractivity contribution is -0.124. The molecule has 8 heteroatoms. The molecule has 26 heavy (non-hydrogen) atoms. The first-order chi connectivity index (χ1) is 12.4. The number of aryl methyl sites for hydroxylation is 1. The molecule has 1 fully saturated rings. The molecule has 1 N–H and O–H groups in total. The zero-order valence-electron chi connectivity index (χ0n) is 14.4. The molecule has 1 aromatic heterocycles. The first-order valence-electron chi connectivity index (χ1n) is 8.48. The Hall–Kier alpha value is -1.41. The van der Waals surface area contributed by atoms with E-state index >= 15 is 0 Å². The summed E-state index contributed by atoms with van der Waals surface area (Å²) in [6.07, 6.45) is 2.18. The fourth-order valence-corrected chi connectivity index (χ4v) is 5.72. The van der Waals surface area contributed by atoms with Crippen LogP contribution in [0.5, 0.6) is 0 Å². The fourth-order valence-electron chi connectivity index (χ4n) is 3.03. The Kier molecular flexibility index (Phi) is 6.02. The Morgan fingerprint density at radius 3 is 2.58 bits per heavy atom. The molecular formula is C18H21ClN2O3S2. The number of nitrogens with zero attached hydrogens (tertiary/aromatic N) is 1. The van der Waals surface area contributed by atoms with Crippen molar-refractivity contribution in [2.75, 3.05) is 6.54 Å². The van der Waals surface area contributed by atoms with E-state index in [1.54, 1.807) is 23.5 Å². The van der Waals surface area contributed by atoms with Crippen molar-refractivity contribution in [3.63, 3.8) is 0 Å². The molecule has 0 radical (unpaired) electrons. The van der Waals surface area contributed by atoms with E-state index in [2.05, 4.69) is 5.32 Å². The smallest absolute Gasteiger partial charge is 0.244 e. The van der Waals surface area contributed by atoms with E-state index in [0.29, 0.717) is 18.0 Å². The van der Waals surface area contributed by atoms with Gasteiger partial charge in [-0.3, -0.25) is 4.79 Å². The molecule has 0 bridgehead atoms. The van der Waals surface area contributed by atoms with Crippen LogP contribution in [0.25, 0.3) is 0 Å². The summed E-state index contributed by atoms with van der Waals surface area (Å²) in [5.74, 6) is -0.228. The van der Waals surface area contributed by atoms with Gasteiger partial charge in [0.1, 0.15) is 6.04 Å². The van der Waals surface area contributed by atoms with E-state index < -0.39 is 16.1 Å². The molecular weight excluding hydrogens is 392 g/mol. The summed E-state index contributed by atoms with van der Waals surface area (Å²) in [5.41, 5.74) is 0. The van der Waals surface area contributed by atoms with Gasteiger partial charge in [0.2, 0.25) is 15.9 Å². The second-order valence-electron chi connectivity index (χ2n) is 6.32. The monoisotopic (exact) mass is 412 g/mol. The first-order valence-corrected chi connectivity index (χ1v) is 11.1. The van der Waals surface area contributed by atoms with Crippen LogP contribution in [0.4, 0.5) is 0 Å². The molecule has 1 amide bonds. The van der Waals surface area contributed by atoms with Gasteiger partial charge in [-0.25, -0.2) is 8.42 Å². The molecule has 2 aromatic rings. The number of halogens is 1. The minimum absolute atomic E-state index is 0.146. The second-order valence-corrected chi connectivity index (χ2v) is 10.0. The van der Waals surface area contributed by atoms with E-state index in [4.69, 9.17) is 11.6 Å². The number of rotatable bonds is 5. The summed E-state index contributed by atoms with van der Waals surface area (Å²) in [5, 5.41) is 3.31. The molecule has 0 aliphatic carbocycles. The van der Waals surface area contributed by atoms with Crippen molar-refractivity contribution in [2.45, 2.75) is 43.7 Å². The molecule has 140 valence electrons. The third-order valence-electron chi connectivity index (χ3n) is 4.38. The van der Waals surface area contributed by atoms with Crippen molar-refractivity contribution >= 4 is 38.9 Å². The molecule has 0 spiro atoms. The van der Waals surface area contributed by atoms with Gasteiger partial charge in [-0.05, 0) is 62.6 Å². The first kappa shape index (κ1) is 19.4. The number of amides is 1. The summed E-state index contributed by atoms with van der Waals surface area (Å²) in [6.45, 7) is 2.74. The van der Waals surface area contributed by atoms with Gasteiger partial charge in [0.25, 0.3) is 0 Å². The van der Waals surface area contributed by atoms with Gasteiger partial charge in [0, 0.05) is 27.9 Å². The highest BCUT2D eigenvalue weighted by Gasteiger charge is 2.36. The lowest BCUT2D eigenvalue weighted by atomic mass is 10.1. The number of hydrogen-bond donors (Lipinski definition) is 1. The minimum Gasteiger partial charge on any atom is -0.355 e. The zero-order chi connectivity index (χ0) is 18.7. The quantitative estimate of drug-likeness (QED) is 0.816. The third kappa shape index (κ3) is 4.28. The van der Waals surface area contributed by atoms with Crippen LogP contribution >= 0.6 is 22.9 Å². The third-order valence-corrected chi connectivity index (χ3v) is 7.49. The van der Waals surface area contributed by atoms with Crippen LogP contribution < -0.4 is 5.32 Å². The van der Waals surface area contributed by atoms with Gasteiger partial charge >= 0.3 is 0 Å². The molecule has 0 unspecified atom stereocenters. The lowest BCUT2D eigenvalue weighted by Gasteiger charge is -2.28. The van der Waals surface area contributed by atoms with Gasteiger partial charge in [-0.1, -0.05) is 11.6 Å². The topological polar surface area (TPSA) is 66.5 Å². The predicted octanol–water partition coefficient (Wildman–Crippen LogP) is 3.57. The van der Waals surface area contributed by atoms with Crippen molar-refractivity contribution in [2.24, 2.45) is 0 Å². The number of sulfonamides is 1. The summed E-state index contributed by atoms with van der Waals surface area (Å²) in [6, 6.07) is 9.24. The molecule has 0 saturated carbocycles. The number of thiophene rings is 1. The van der Waals surface area contributed by atoms with Crippen molar-refractivity contribution in [1.82, 2.24) is 9.62 Å². The van der Waals surface area contributed by atoms with Crippen LogP contribution in [-0.4, -0.2) is 31.2 Å². The van der Waals surface area contributed by atoms with Crippen LogP contribution in [0, 0.1) is 6.92 Å². The van der Waals surface area contributed by atoms with Crippen molar-refractivity contribution in [3.05, 3.63) is 51.2 Å². The lowest BCUT2D eigenvalue weighted by Crippen LogP contribution is -2.48. The molecule has 3 rings (SSSR count). The summed E-state index contributed by atoms with van der Waals surface area (Å²) < 4.78 is 28.0. The minimum atomic E-state index is -3.83. The zero-order valence-corrected chi connectivity index (χ0v) is 16.8. The summed E-state index contributed by atoms with van der Waals surface area (Å²) in [7, 11) is -3.83. The second kappa shape index (κ2) is 8.08. The van der Waals surface area contributed by atoms with Crippen LogP contribution in [0.2, 0.25) is 5.02 Å². The maximum absolute atomic E-state index is 13.3. The maximum atomic E-state index is 13.3. The van der Waals surface area contributed by atoms with Gasteiger partial charge < -0.3 is 5.32 Å². The average Bonchev–Trinajstić information content (AvgIpc) is 2.89. The highest BCUT2D eigenvalue weighted by molar-refractivity contribution is 7.89. The molecule has 1 aromatic carbocycles. The SMILES string of the molecule is Cc1ccc(CN([C@@H]2CCCCNC2=O)S(=O)(=O)c2ccc(Cl)cc2)s1. The summed E-state index contributed by atoms with van der Waals surface area (Å²) >= 11 is 7.44. The van der Waals surface area contributed by atoms with Gasteiger partial charge in [0.05, 0.1) is 4.90 Å². The van der Waals surface area contributed by atoms with Crippen LogP contribution in [0.1, 0.15) is 29.0 Å². The number of carbonyl (C=O) groups excluding carboxylic acids is 1. The Morgan fingerprint density at radius 1 is 1.19 bits per heavy atom. The van der Waals surface area contributed by atoms with E-state index in [0.717, 1.165) is 22.6 Å². The van der Waals surface area contributed by atoms with Crippen LogP contribution in [0.15, 0.2) is 41.3 Å². The van der Waals surface area contributed by atoms with Crippen molar-refractivity contribution in [1.29, 1.82) is 0 Å². The normalized spacial score (nSPS) is 18.6. The van der Waals surface area contributed by atoms with Gasteiger partial charge in [-0.2, -0.15) is 4.31 Å². The average molecular weight is 413 g/mol. The van der Waals surface area contributed by atoms with E-state index in [1.807, 2.05) is 19.1 Å². The van der Waals surface area contributed by atoms with Crippen molar-refractivity contribution in [3.8, 4) is 0 Å². The molecule has 5 nitrogen and oxygen atoms in total. The van der Waals surface area contributed by atoms with E-state index in [1.165, 1.54) is 16.4 Å². The maximum Gasteiger partial charge on any atom is 0.244 e. The van der Waals surface area contributed by atoms with Crippen molar-refractivity contribution < 1.29 is 13.2 Å². The predicted molar refractivity (Wildman–Crippen MR) is 104 cm³/mol. The standard InChI is InChI=1S/C18H21ClN2O3S2/c1-13-5-8-15(25-13)12-21(17-4-2-3-11-20-18(17)22)26(23,24)16-9-6-14(19)7-10-16/h5-10,17H,2-4,11-12H2,1H3,(H,20,22)/t17-/m1/s1. The number of hydrogen-bond acceptors (Lipinski definition) is 4. The van der Waals surface area contributed by atoms with E-state index in [9.17, 15) is 13.2 Å². The molecule has 1 atom stereocenters. The number of carbonyl (C=O) groups is 1. The number of benzene rings is 1. The highest BCUT2D eigenvalue weighted by atomic mass is 35.5. The van der Waals surface area contributed by atoms with Gasteiger partial charge in [-0.15, -0.1) is 11.3 Å². The largest absolute Gasteiger partial charge is 0.355 e. The Balaban J connectivity index is 2.00. The van der Waals surface area contributed by atoms with Crippen LogP contribution in [-0.2, 0) is 21.4 Å². The molecule has 1 aliphatic heterocycles. The summed E-state index contributed by atoms with van der Waals surface area (Å²) in [4.78, 5) is 14.7.